The minimum absolute atomic E-state index is 0.230. The molecule has 0 radical (unpaired) electrons. The van der Waals surface area contributed by atoms with Crippen LogP contribution in [0.1, 0.15) is 28.4 Å². The molecule has 2 aliphatic rings. The number of carbonyl (C=O) groups is 1. The monoisotopic (exact) mass is 379 g/mol. The summed E-state index contributed by atoms with van der Waals surface area (Å²) in [6.45, 7) is 0.848. The number of halogens is 2. The molecule has 130 valence electrons. The summed E-state index contributed by atoms with van der Waals surface area (Å²) in [5.41, 5.74) is 1.21. The number of nitrogens with one attached hydrogen (secondary N) is 1. The summed E-state index contributed by atoms with van der Waals surface area (Å²) >= 11 is 7.87. The fourth-order valence-electron chi connectivity index (χ4n) is 3.00. The summed E-state index contributed by atoms with van der Waals surface area (Å²) < 4.78 is 24.6. The third kappa shape index (κ3) is 3.28. The molecule has 1 N–H and O–H groups in total. The number of rotatable bonds is 2. The molecule has 0 fully saturated rings. The van der Waals surface area contributed by atoms with Crippen molar-refractivity contribution in [2.24, 2.45) is 0 Å². The summed E-state index contributed by atoms with van der Waals surface area (Å²) in [7, 11) is 0. The van der Waals surface area contributed by atoms with E-state index in [0.717, 1.165) is 22.6 Å². The maximum Gasteiger partial charge on any atom is 0.251 e. The largest absolute Gasteiger partial charge is 0.486 e. The highest BCUT2D eigenvalue weighted by Gasteiger charge is 2.25. The van der Waals surface area contributed by atoms with Crippen LogP contribution in [0.3, 0.4) is 0 Å². The first-order chi connectivity index (χ1) is 12.1. The topological polar surface area (TPSA) is 47.6 Å². The van der Waals surface area contributed by atoms with E-state index in [2.05, 4.69) is 5.32 Å². The molecule has 2 aromatic rings. The van der Waals surface area contributed by atoms with E-state index in [0.29, 0.717) is 35.3 Å². The summed E-state index contributed by atoms with van der Waals surface area (Å²) in [4.78, 5) is 13.7. The van der Waals surface area contributed by atoms with Crippen LogP contribution in [0.15, 0.2) is 35.2 Å². The second kappa shape index (κ2) is 6.77. The molecule has 1 unspecified atom stereocenters. The highest BCUT2D eigenvalue weighted by atomic mass is 35.5. The Morgan fingerprint density at radius 3 is 2.96 bits per heavy atom. The smallest absolute Gasteiger partial charge is 0.251 e. The van der Waals surface area contributed by atoms with Gasteiger partial charge in [0, 0.05) is 16.2 Å². The fourth-order valence-corrected chi connectivity index (χ4v) is 4.37. The minimum atomic E-state index is -0.303. The maximum absolute atomic E-state index is 13.6. The molecule has 4 rings (SSSR count). The van der Waals surface area contributed by atoms with Gasteiger partial charge in [-0.1, -0.05) is 11.6 Å². The van der Waals surface area contributed by atoms with Crippen molar-refractivity contribution in [3.05, 3.63) is 52.3 Å². The first-order valence-electron chi connectivity index (χ1n) is 7.94. The number of hydrogen-bond acceptors (Lipinski definition) is 4. The molecule has 25 heavy (non-hydrogen) atoms. The van der Waals surface area contributed by atoms with Crippen molar-refractivity contribution in [1.82, 2.24) is 5.32 Å². The average molecular weight is 380 g/mol. The van der Waals surface area contributed by atoms with E-state index in [9.17, 15) is 9.18 Å². The molecular weight excluding hydrogens is 365 g/mol. The Morgan fingerprint density at radius 2 is 2.08 bits per heavy atom. The van der Waals surface area contributed by atoms with Crippen LogP contribution in [-0.4, -0.2) is 24.9 Å². The van der Waals surface area contributed by atoms with E-state index >= 15 is 0 Å². The molecule has 4 nitrogen and oxygen atoms in total. The van der Waals surface area contributed by atoms with Crippen LogP contribution in [0, 0.1) is 5.82 Å². The average Bonchev–Trinajstić information content (AvgIpc) is 2.62. The highest BCUT2D eigenvalue weighted by Crippen LogP contribution is 2.39. The SMILES string of the molecule is O=C(NC1CCSc2ccc(F)cc21)c1cc(Cl)c2c(c1)OCCO2. The van der Waals surface area contributed by atoms with E-state index < -0.39 is 0 Å². The molecule has 0 spiro atoms. The van der Waals surface area contributed by atoms with Gasteiger partial charge in [-0.25, -0.2) is 4.39 Å². The first kappa shape index (κ1) is 16.5. The van der Waals surface area contributed by atoms with Crippen LogP contribution in [0.5, 0.6) is 11.5 Å². The summed E-state index contributed by atoms with van der Waals surface area (Å²) in [6.07, 6.45) is 0.741. The first-order valence-corrected chi connectivity index (χ1v) is 9.30. The lowest BCUT2D eigenvalue weighted by atomic mass is 10.0. The molecule has 0 bridgehead atoms. The van der Waals surface area contributed by atoms with Crippen molar-refractivity contribution in [3.8, 4) is 11.5 Å². The zero-order chi connectivity index (χ0) is 17.4. The molecule has 7 heteroatoms. The van der Waals surface area contributed by atoms with Crippen molar-refractivity contribution in [2.75, 3.05) is 19.0 Å². The molecule has 2 aliphatic heterocycles. The van der Waals surface area contributed by atoms with Gasteiger partial charge in [0.1, 0.15) is 19.0 Å². The van der Waals surface area contributed by atoms with E-state index in [1.165, 1.54) is 12.1 Å². The van der Waals surface area contributed by atoms with E-state index in [1.54, 1.807) is 30.0 Å². The summed E-state index contributed by atoms with van der Waals surface area (Å²) in [5.74, 6) is 1.22. The van der Waals surface area contributed by atoms with Crippen LogP contribution in [0.2, 0.25) is 5.02 Å². The lowest BCUT2D eigenvalue weighted by Gasteiger charge is -2.26. The third-order valence-electron chi connectivity index (χ3n) is 4.18. The molecule has 2 heterocycles. The van der Waals surface area contributed by atoms with Crippen LogP contribution in [0.25, 0.3) is 0 Å². The van der Waals surface area contributed by atoms with Gasteiger partial charge in [0.25, 0.3) is 5.91 Å². The van der Waals surface area contributed by atoms with Gasteiger partial charge in [0.15, 0.2) is 11.5 Å². The second-order valence-electron chi connectivity index (χ2n) is 5.83. The Labute approximate surface area is 153 Å². The molecular formula is C18H15ClFNO3S. The second-order valence-corrected chi connectivity index (χ2v) is 7.37. The summed E-state index contributed by atoms with van der Waals surface area (Å²) in [5, 5.41) is 3.32. The van der Waals surface area contributed by atoms with Gasteiger partial charge in [-0.05, 0) is 42.3 Å². The number of fused-ring (bicyclic) bond motifs is 2. The molecule has 0 aromatic heterocycles. The maximum atomic E-state index is 13.6. The van der Waals surface area contributed by atoms with Crippen LogP contribution < -0.4 is 14.8 Å². The van der Waals surface area contributed by atoms with Crippen molar-refractivity contribution in [1.29, 1.82) is 0 Å². The van der Waals surface area contributed by atoms with E-state index in [4.69, 9.17) is 21.1 Å². The van der Waals surface area contributed by atoms with Crippen molar-refractivity contribution >= 4 is 29.3 Å². The normalized spacial score (nSPS) is 18.4. The van der Waals surface area contributed by atoms with Crippen molar-refractivity contribution < 1.29 is 18.7 Å². The number of benzene rings is 2. The number of hydrogen-bond donors (Lipinski definition) is 1. The molecule has 0 saturated heterocycles. The van der Waals surface area contributed by atoms with Gasteiger partial charge >= 0.3 is 0 Å². The lowest BCUT2D eigenvalue weighted by molar-refractivity contribution is 0.0933. The highest BCUT2D eigenvalue weighted by molar-refractivity contribution is 7.99. The quantitative estimate of drug-likeness (QED) is 0.848. The van der Waals surface area contributed by atoms with Gasteiger partial charge in [-0.15, -0.1) is 11.8 Å². The van der Waals surface area contributed by atoms with Gasteiger partial charge in [-0.3, -0.25) is 4.79 Å². The Kier molecular flexibility index (Phi) is 4.48. The van der Waals surface area contributed by atoms with E-state index in [1.807, 2.05) is 0 Å². The minimum Gasteiger partial charge on any atom is -0.486 e. The van der Waals surface area contributed by atoms with Crippen molar-refractivity contribution in [3.63, 3.8) is 0 Å². The molecule has 2 aromatic carbocycles. The molecule has 0 saturated carbocycles. The van der Waals surface area contributed by atoms with Crippen LogP contribution in [-0.2, 0) is 0 Å². The van der Waals surface area contributed by atoms with Gasteiger partial charge in [-0.2, -0.15) is 0 Å². The lowest BCUT2D eigenvalue weighted by Crippen LogP contribution is -2.31. The fraction of sp³-hybridized carbons (Fsp3) is 0.278. The van der Waals surface area contributed by atoms with Gasteiger partial charge in [0.2, 0.25) is 0 Å². The Morgan fingerprint density at radius 1 is 1.24 bits per heavy atom. The number of amides is 1. The Balaban J connectivity index is 1.59. The standard InChI is InChI=1S/C18H15ClFNO3S/c19-13-7-10(8-15-17(13)24-5-4-23-15)18(22)21-14-3-6-25-16-2-1-11(20)9-12(14)16/h1-2,7-9,14H,3-6H2,(H,21,22). The third-order valence-corrected chi connectivity index (χ3v) is 5.58. The zero-order valence-electron chi connectivity index (χ0n) is 13.2. The predicted molar refractivity (Wildman–Crippen MR) is 94.4 cm³/mol. The van der Waals surface area contributed by atoms with Gasteiger partial charge in [0.05, 0.1) is 11.1 Å². The summed E-state index contributed by atoms with van der Waals surface area (Å²) in [6, 6.07) is 7.65. The number of ether oxygens (including phenoxy) is 2. The van der Waals surface area contributed by atoms with Gasteiger partial charge < -0.3 is 14.8 Å². The predicted octanol–water partition coefficient (Wildman–Crippen LogP) is 4.22. The molecule has 1 atom stereocenters. The Hall–Kier alpha value is -1.92. The van der Waals surface area contributed by atoms with E-state index in [-0.39, 0.29) is 17.8 Å². The molecule has 1 amide bonds. The zero-order valence-corrected chi connectivity index (χ0v) is 14.8. The molecule has 0 aliphatic carbocycles. The van der Waals surface area contributed by atoms with Crippen molar-refractivity contribution in [2.45, 2.75) is 17.4 Å². The number of carbonyl (C=O) groups excluding carboxylic acids is 1. The number of thioether (sulfide) groups is 1. The Bertz CT molecular complexity index is 845. The van der Waals surface area contributed by atoms with Crippen LogP contribution >= 0.6 is 23.4 Å². The van der Waals surface area contributed by atoms with Crippen LogP contribution in [0.4, 0.5) is 4.39 Å².